The van der Waals surface area contributed by atoms with Gasteiger partial charge in [-0.15, -0.1) is 0 Å². The van der Waals surface area contributed by atoms with Crippen LogP contribution in [0.3, 0.4) is 0 Å². The molecule has 0 aromatic heterocycles. The Kier molecular flexibility index (Phi) is 3.88. The molecule has 130 valence electrons. The number of aromatic hydroxyl groups is 2. The second-order valence-corrected chi connectivity index (χ2v) is 7.00. The number of fused-ring (bicyclic) bond motifs is 1. The number of amides is 1. The van der Waals surface area contributed by atoms with Gasteiger partial charge >= 0.3 is 0 Å². The van der Waals surface area contributed by atoms with Crippen LogP contribution in [0.15, 0.2) is 42.5 Å². The van der Waals surface area contributed by atoms with E-state index in [1.165, 1.54) is 17.2 Å². The average Bonchev–Trinajstić information content (AvgIpc) is 2.93. The van der Waals surface area contributed by atoms with Crippen molar-refractivity contribution in [2.45, 2.75) is 37.9 Å². The number of carbonyl (C=O) groups excluding carboxylic acids is 1. The van der Waals surface area contributed by atoms with Gasteiger partial charge in [0.25, 0.3) is 0 Å². The zero-order chi connectivity index (χ0) is 17.4. The van der Waals surface area contributed by atoms with Crippen LogP contribution in [0.5, 0.6) is 11.5 Å². The summed E-state index contributed by atoms with van der Waals surface area (Å²) < 4.78 is 0. The van der Waals surface area contributed by atoms with Gasteiger partial charge in [-0.1, -0.05) is 30.3 Å². The van der Waals surface area contributed by atoms with Gasteiger partial charge in [-0.05, 0) is 36.6 Å². The van der Waals surface area contributed by atoms with Crippen LogP contribution in [0.25, 0.3) is 0 Å². The topological polar surface area (TPSA) is 72.8 Å². The Morgan fingerprint density at radius 2 is 1.92 bits per heavy atom. The summed E-state index contributed by atoms with van der Waals surface area (Å²) in [5.74, 6) is 0.175. The lowest BCUT2D eigenvalue weighted by atomic mass is 9.86. The predicted octanol–water partition coefficient (Wildman–Crippen LogP) is 2.30. The van der Waals surface area contributed by atoms with Crippen molar-refractivity contribution in [3.05, 3.63) is 59.2 Å². The highest BCUT2D eigenvalue weighted by atomic mass is 16.3. The number of benzene rings is 2. The van der Waals surface area contributed by atoms with Crippen LogP contribution >= 0.6 is 0 Å². The van der Waals surface area contributed by atoms with Gasteiger partial charge in [0.1, 0.15) is 17.0 Å². The van der Waals surface area contributed by atoms with Crippen molar-refractivity contribution in [2.75, 3.05) is 6.54 Å². The second kappa shape index (κ2) is 6.08. The first kappa shape index (κ1) is 16.0. The summed E-state index contributed by atoms with van der Waals surface area (Å²) in [4.78, 5) is 15.2. The summed E-state index contributed by atoms with van der Waals surface area (Å²) in [5, 5.41) is 22.7. The Morgan fingerprint density at radius 3 is 2.72 bits per heavy atom. The maximum Gasteiger partial charge on any atom is 0.241 e. The molecule has 0 saturated carbocycles. The van der Waals surface area contributed by atoms with Crippen LogP contribution in [-0.2, 0) is 24.3 Å². The van der Waals surface area contributed by atoms with Gasteiger partial charge in [0.15, 0.2) is 0 Å². The molecule has 25 heavy (non-hydrogen) atoms. The molecule has 4 rings (SSSR count). The lowest BCUT2D eigenvalue weighted by molar-refractivity contribution is -0.132. The van der Waals surface area contributed by atoms with Crippen LogP contribution < -0.4 is 5.32 Å². The summed E-state index contributed by atoms with van der Waals surface area (Å²) in [6, 6.07) is 12.8. The summed E-state index contributed by atoms with van der Waals surface area (Å²) in [6.07, 6.45) is 2.45. The Labute approximate surface area is 146 Å². The third-order valence-corrected chi connectivity index (χ3v) is 5.52. The molecule has 1 fully saturated rings. The van der Waals surface area contributed by atoms with E-state index in [9.17, 15) is 15.0 Å². The van der Waals surface area contributed by atoms with Gasteiger partial charge in [-0.2, -0.15) is 0 Å². The molecule has 1 unspecified atom stereocenters. The quantitative estimate of drug-likeness (QED) is 0.786. The van der Waals surface area contributed by atoms with Gasteiger partial charge in [0.2, 0.25) is 5.91 Å². The fourth-order valence-electron chi connectivity index (χ4n) is 4.15. The number of hydrogen-bond donors (Lipinski definition) is 3. The van der Waals surface area contributed by atoms with Gasteiger partial charge in [-0.25, -0.2) is 0 Å². The van der Waals surface area contributed by atoms with Gasteiger partial charge in [0.05, 0.1) is 0 Å². The molecule has 0 radical (unpaired) electrons. The minimum absolute atomic E-state index is 0.0403. The number of nitrogens with zero attached hydrogens (tertiary/aromatic N) is 1. The highest BCUT2D eigenvalue weighted by Crippen LogP contribution is 2.38. The molecule has 2 aliphatic heterocycles. The standard InChI is InChI=1S/C20H22N2O3/c23-17-7-6-16(18(24)10-17)13-22-9-3-8-20(22)11-14-4-1-2-5-15(14)12-21-19(20)25/h1-2,4-7,10,23-24H,3,8-9,11-13H2,(H,21,25). The van der Waals surface area contributed by atoms with Crippen molar-refractivity contribution in [2.24, 2.45) is 0 Å². The fourth-order valence-corrected chi connectivity index (χ4v) is 4.15. The first-order valence-corrected chi connectivity index (χ1v) is 8.69. The number of phenolic OH excluding ortho intramolecular Hbond substituents is 2. The number of likely N-dealkylation sites (tertiary alicyclic amines) is 1. The maximum atomic E-state index is 13.0. The van der Waals surface area contributed by atoms with Crippen LogP contribution in [-0.4, -0.2) is 33.1 Å². The van der Waals surface area contributed by atoms with E-state index in [-0.39, 0.29) is 17.4 Å². The lowest BCUT2D eigenvalue weighted by Crippen LogP contribution is -2.55. The Balaban J connectivity index is 1.68. The largest absolute Gasteiger partial charge is 0.508 e. The normalized spacial score (nSPS) is 23.3. The molecular weight excluding hydrogens is 316 g/mol. The molecule has 2 aliphatic rings. The van der Waals surface area contributed by atoms with Crippen molar-refractivity contribution >= 4 is 5.91 Å². The van der Waals surface area contributed by atoms with Crippen LogP contribution in [0.4, 0.5) is 0 Å². The Morgan fingerprint density at radius 1 is 1.12 bits per heavy atom. The first-order chi connectivity index (χ1) is 12.1. The lowest BCUT2D eigenvalue weighted by Gasteiger charge is -2.36. The van der Waals surface area contributed by atoms with Crippen LogP contribution in [0, 0.1) is 0 Å². The van der Waals surface area contributed by atoms with Crippen molar-refractivity contribution in [3.8, 4) is 11.5 Å². The molecule has 2 aromatic carbocycles. The number of nitrogens with one attached hydrogen (secondary N) is 1. The molecular formula is C20H22N2O3. The van der Waals surface area contributed by atoms with E-state index >= 15 is 0 Å². The second-order valence-electron chi connectivity index (χ2n) is 7.00. The van der Waals surface area contributed by atoms with Crippen LogP contribution in [0.2, 0.25) is 0 Å². The molecule has 0 bridgehead atoms. The highest BCUT2D eigenvalue weighted by Gasteiger charge is 2.48. The van der Waals surface area contributed by atoms with E-state index < -0.39 is 5.54 Å². The number of hydrogen-bond acceptors (Lipinski definition) is 4. The minimum atomic E-state index is -0.572. The molecule has 2 aromatic rings. The zero-order valence-electron chi connectivity index (χ0n) is 14.0. The first-order valence-electron chi connectivity index (χ1n) is 8.69. The molecule has 1 amide bonds. The summed E-state index contributed by atoms with van der Waals surface area (Å²) >= 11 is 0. The van der Waals surface area contributed by atoms with Crippen molar-refractivity contribution < 1.29 is 15.0 Å². The molecule has 5 heteroatoms. The molecule has 5 nitrogen and oxygen atoms in total. The summed E-state index contributed by atoms with van der Waals surface area (Å²) in [6.45, 7) is 1.87. The molecule has 1 saturated heterocycles. The van der Waals surface area contributed by atoms with Crippen molar-refractivity contribution in [1.82, 2.24) is 10.2 Å². The molecule has 1 spiro atoms. The number of rotatable bonds is 2. The molecule has 0 aliphatic carbocycles. The maximum absolute atomic E-state index is 13.0. The van der Waals surface area contributed by atoms with E-state index in [1.54, 1.807) is 12.1 Å². The summed E-state index contributed by atoms with van der Waals surface area (Å²) in [5.41, 5.74) is 2.54. The summed E-state index contributed by atoms with van der Waals surface area (Å²) in [7, 11) is 0. The monoisotopic (exact) mass is 338 g/mol. The number of phenols is 2. The average molecular weight is 338 g/mol. The van der Waals surface area contributed by atoms with Crippen LogP contribution in [0.1, 0.15) is 29.5 Å². The molecule has 1 atom stereocenters. The van der Waals surface area contributed by atoms with Crippen molar-refractivity contribution in [1.29, 1.82) is 0 Å². The fraction of sp³-hybridized carbons (Fsp3) is 0.350. The van der Waals surface area contributed by atoms with E-state index in [2.05, 4.69) is 22.3 Å². The SMILES string of the molecule is O=C1NCc2ccccc2CC12CCCN2Cc1ccc(O)cc1O. The number of carbonyl (C=O) groups is 1. The van der Waals surface area contributed by atoms with Gasteiger partial charge in [0, 0.05) is 31.1 Å². The smallest absolute Gasteiger partial charge is 0.241 e. The highest BCUT2D eigenvalue weighted by molar-refractivity contribution is 5.87. The Hall–Kier alpha value is -2.53. The predicted molar refractivity (Wildman–Crippen MR) is 94.1 cm³/mol. The van der Waals surface area contributed by atoms with Gasteiger partial charge in [-0.3, -0.25) is 9.69 Å². The third-order valence-electron chi connectivity index (χ3n) is 5.52. The van der Waals surface area contributed by atoms with Gasteiger partial charge < -0.3 is 15.5 Å². The molecule has 3 N–H and O–H groups in total. The van der Waals surface area contributed by atoms with E-state index in [0.29, 0.717) is 19.5 Å². The minimum Gasteiger partial charge on any atom is -0.508 e. The zero-order valence-corrected chi connectivity index (χ0v) is 14.0. The van der Waals surface area contributed by atoms with E-state index in [4.69, 9.17) is 0 Å². The van der Waals surface area contributed by atoms with E-state index in [0.717, 1.165) is 24.9 Å². The third kappa shape index (κ3) is 2.74. The van der Waals surface area contributed by atoms with E-state index in [1.807, 2.05) is 12.1 Å². The van der Waals surface area contributed by atoms with Crippen molar-refractivity contribution in [3.63, 3.8) is 0 Å². The Bertz CT molecular complexity index is 820. The molecule has 2 heterocycles.